The Bertz CT molecular complexity index is 839. The number of aromatic amines is 1. The summed E-state index contributed by atoms with van der Waals surface area (Å²) in [4.78, 5) is 14.2. The molecule has 5 nitrogen and oxygen atoms in total. The van der Waals surface area contributed by atoms with Crippen molar-refractivity contribution in [3.05, 3.63) is 59.3 Å². The second kappa shape index (κ2) is 5.52. The number of aromatic hydroxyl groups is 1. The molecular weight excluding hydrogens is 278 g/mol. The number of hydrogen-bond donors (Lipinski definition) is 2. The van der Waals surface area contributed by atoms with E-state index < -0.39 is 0 Å². The maximum absolute atomic E-state index is 12.6. The van der Waals surface area contributed by atoms with Gasteiger partial charge in [-0.05, 0) is 25.1 Å². The van der Waals surface area contributed by atoms with Crippen molar-refractivity contribution in [2.75, 3.05) is 7.05 Å². The second-order valence-corrected chi connectivity index (χ2v) is 5.41. The van der Waals surface area contributed by atoms with Gasteiger partial charge in [0.05, 0.1) is 5.52 Å². The van der Waals surface area contributed by atoms with Crippen molar-refractivity contribution in [2.24, 2.45) is 0 Å². The maximum atomic E-state index is 12.6. The summed E-state index contributed by atoms with van der Waals surface area (Å²) in [6.45, 7) is 2.30. The highest BCUT2D eigenvalue weighted by atomic mass is 16.3. The molecule has 0 fully saturated rings. The van der Waals surface area contributed by atoms with Crippen LogP contribution in [0.15, 0.2) is 42.5 Å². The minimum Gasteiger partial charge on any atom is -0.508 e. The van der Waals surface area contributed by atoms with E-state index >= 15 is 0 Å². The van der Waals surface area contributed by atoms with Crippen LogP contribution in [0.2, 0.25) is 0 Å². The molecular formula is C17H17N3O2. The molecule has 2 aromatic carbocycles. The normalized spacial score (nSPS) is 10.8. The molecule has 1 heterocycles. The average Bonchev–Trinajstić information content (AvgIpc) is 2.91. The lowest BCUT2D eigenvalue weighted by atomic mass is 10.1. The Balaban J connectivity index is 1.89. The van der Waals surface area contributed by atoms with Gasteiger partial charge < -0.3 is 10.0 Å². The van der Waals surface area contributed by atoms with Crippen LogP contribution < -0.4 is 0 Å². The molecule has 1 amide bonds. The number of para-hydroxylation sites is 1. The highest BCUT2D eigenvalue weighted by Gasteiger charge is 2.19. The van der Waals surface area contributed by atoms with Crippen molar-refractivity contribution < 1.29 is 9.90 Å². The Morgan fingerprint density at radius 1 is 1.27 bits per heavy atom. The molecule has 0 aliphatic carbocycles. The molecule has 2 N–H and O–H groups in total. The Labute approximate surface area is 128 Å². The third-order valence-electron chi connectivity index (χ3n) is 3.67. The highest BCUT2D eigenvalue weighted by molar-refractivity contribution is 6.04. The van der Waals surface area contributed by atoms with Gasteiger partial charge in [-0.25, -0.2) is 0 Å². The lowest BCUT2D eigenvalue weighted by Gasteiger charge is -2.17. The number of amides is 1. The minimum atomic E-state index is -0.180. The monoisotopic (exact) mass is 295 g/mol. The van der Waals surface area contributed by atoms with Gasteiger partial charge in [-0.2, -0.15) is 5.10 Å². The summed E-state index contributed by atoms with van der Waals surface area (Å²) < 4.78 is 0. The summed E-state index contributed by atoms with van der Waals surface area (Å²) in [5.74, 6) is 0.00461. The van der Waals surface area contributed by atoms with E-state index in [2.05, 4.69) is 10.2 Å². The van der Waals surface area contributed by atoms with E-state index in [9.17, 15) is 9.90 Å². The molecule has 3 aromatic rings. The fourth-order valence-corrected chi connectivity index (χ4v) is 2.44. The highest BCUT2D eigenvalue weighted by Crippen LogP contribution is 2.21. The number of fused-ring (bicyclic) bond motifs is 1. The summed E-state index contributed by atoms with van der Waals surface area (Å²) in [5, 5.41) is 17.7. The summed E-state index contributed by atoms with van der Waals surface area (Å²) in [6.07, 6.45) is 0. The number of carbonyl (C=O) groups is 1. The summed E-state index contributed by atoms with van der Waals surface area (Å²) >= 11 is 0. The maximum Gasteiger partial charge on any atom is 0.275 e. The first-order valence-corrected chi connectivity index (χ1v) is 7.03. The fraction of sp³-hybridized carbons (Fsp3) is 0.176. The van der Waals surface area contributed by atoms with Gasteiger partial charge in [-0.15, -0.1) is 0 Å². The van der Waals surface area contributed by atoms with Crippen LogP contribution in [0, 0.1) is 6.92 Å². The Morgan fingerprint density at radius 3 is 2.82 bits per heavy atom. The molecule has 0 unspecified atom stereocenters. The van der Waals surface area contributed by atoms with Crippen LogP contribution in [0.3, 0.4) is 0 Å². The predicted molar refractivity (Wildman–Crippen MR) is 84.7 cm³/mol. The van der Waals surface area contributed by atoms with E-state index in [0.29, 0.717) is 17.8 Å². The number of phenolic OH excluding ortho intramolecular Hbond substituents is 1. The number of aryl methyl sites for hydroxylation is 1. The van der Waals surface area contributed by atoms with E-state index in [1.165, 1.54) is 0 Å². The molecule has 0 radical (unpaired) electrons. The zero-order chi connectivity index (χ0) is 15.7. The largest absolute Gasteiger partial charge is 0.508 e. The lowest BCUT2D eigenvalue weighted by Crippen LogP contribution is -2.26. The molecule has 22 heavy (non-hydrogen) atoms. The summed E-state index contributed by atoms with van der Waals surface area (Å²) in [7, 11) is 1.70. The van der Waals surface area contributed by atoms with Crippen molar-refractivity contribution >= 4 is 16.8 Å². The van der Waals surface area contributed by atoms with Gasteiger partial charge in [0.15, 0.2) is 5.69 Å². The molecule has 3 rings (SSSR count). The fourth-order valence-electron chi connectivity index (χ4n) is 2.44. The number of nitrogens with one attached hydrogen (secondary N) is 1. The second-order valence-electron chi connectivity index (χ2n) is 5.41. The first-order chi connectivity index (χ1) is 10.6. The molecule has 0 aliphatic rings. The van der Waals surface area contributed by atoms with E-state index in [1.54, 1.807) is 30.1 Å². The molecule has 0 saturated heterocycles. The van der Waals surface area contributed by atoms with Crippen molar-refractivity contribution in [3.63, 3.8) is 0 Å². The van der Waals surface area contributed by atoms with E-state index in [0.717, 1.165) is 16.5 Å². The van der Waals surface area contributed by atoms with E-state index in [-0.39, 0.29) is 11.7 Å². The third kappa shape index (κ3) is 2.53. The molecule has 1 aromatic heterocycles. The molecule has 0 spiro atoms. The van der Waals surface area contributed by atoms with Crippen LogP contribution in [0.1, 0.15) is 21.6 Å². The van der Waals surface area contributed by atoms with Gasteiger partial charge in [-0.3, -0.25) is 9.89 Å². The van der Waals surface area contributed by atoms with Crippen molar-refractivity contribution in [1.29, 1.82) is 0 Å². The molecule has 112 valence electrons. The molecule has 0 atom stereocenters. The standard InChI is InChI=1S/C17H17N3O2/c1-11-7-8-14-13(9-11)16(19-18-14)17(22)20(2)10-12-5-3-4-6-15(12)21/h3-9,21H,10H2,1-2H3,(H,18,19). The first-order valence-electron chi connectivity index (χ1n) is 7.03. The number of phenols is 1. The Hall–Kier alpha value is -2.82. The van der Waals surface area contributed by atoms with Crippen LogP contribution in [0.4, 0.5) is 0 Å². The average molecular weight is 295 g/mol. The SMILES string of the molecule is Cc1ccc2[nH]nc(C(=O)N(C)Cc3ccccc3O)c2c1. The van der Waals surface area contributed by atoms with Gasteiger partial charge in [-0.1, -0.05) is 29.8 Å². The zero-order valence-electron chi connectivity index (χ0n) is 12.5. The number of carbonyl (C=O) groups excluding carboxylic acids is 1. The van der Waals surface area contributed by atoms with Gasteiger partial charge in [0.2, 0.25) is 0 Å². The number of hydrogen-bond acceptors (Lipinski definition) is 3. The molecule has 0 aliphatic heterocycles. The number of aromatic nitrogens is 2. The van der Waals surface area contributed by atoms with Gasteiger partial charge in [0, 0.05) is 24.5 Å². The van der Waals surface area contributed by atoms with Crippen LogP contribution >= 0.6 is 0 Å². The summed E-state index contributed by atoms with van der Waals surface area (Å²) in [5.41, 5.74) is 3.02. The molecule has 0 bridgehead atoms. The van der Waals surface area contributed by atoms with Gasteiger partial charge in [0.1, 0.15) is 5.75 Å². The van der Waals surface area contributed by atoms with Crippen molar-refractivity contribution in [3.8, 4) is 5.75 Å². The first kappa shape index (κ1) is 14.1. The summed E-state index contributed by atoms with van der Waals surface area (Å²) in [6, 6.07) is 12.8. The smallest absolute Gasteiger partial charge is 0.275 e. The third-order valence-corrected chi connectivity index (χ3v) is 3.67. The van der Waals surface area contributed by atoms with Crippen LogP contribution in [-0.2, 0) is 6.54 Å². The Morgan fingerprint density at radius 2 is 2.05 bits per heavy atom. The van der Waals surface area contributed by atoms with Crippen molar-refractivity contribution in [2.45, 2.75) is 13.5 Å². The molecule has 0 saturated carbocycles. The minimum absolute atomic E-state index is 0.180. The predicted octanol–water partition coefficient (Wildman–Crippen LogP) is 2.85. The number of nitrogens with zero attached hydrogens (tertiary/aromatic N) is 2. The quantitative estimate of drug-likeness (QED) is 0.780. The van der Waals surface area contributed by atoms with E-state index in [4.69, 9.17) is 0 Å². The Kier molecular flexibility index (Phi) is 3.55. The number of benzene rings is 2. The van der Waals surface area contributed by atoms with Crippen LogP contribution in [-0.4, -0.2) is 33.2 Å². The van der Waals surface area contributed by atoms with Gasteiger partial charge in [0.25, 0.3) is 5.91 Å². The van der Waals surface area contributed by atoms with E-state index in [1.807, 2.05) is 31.2 Å². The zero-order valence-corrected chi connectivity index (χ0v) is 12.5. The number of rotatable bonds is 3. The van der Waals surface area contributed by atoms with Crippen molar-refractivity contribution in [1.82, 2.24) is 15.1 Å². The molecule has 5 heteroatoms. The lowest BCUT2D eigenvalue weighted by molar-refractivity contribution is 0.0780. The van der Waals surface area contributed by atoms with Crippen LogP contribution in [0.25, 0.3) is 10.9 Å². The van der Waals surface area contributed by atoms with Gasteiger partial charge >= 0.3 is 0 Å². The van der Waals surface area contributed by atoms with Crippen LogP contribution in [0.5, 0.6) is 5.75 Å². The number of H-pyrrole nitrogens is 1. The topological polar surface area (TPSA) is 69.2 Å².